The van der Waals surface area contributed by atoms with Crippen molar-refractivity contribution in [3.63, 3.8) is 0 Å². The molecule has 1 unspecified atom stereocenters. The van der Waals surface area contributed by atoms with Crippen LogP contribution in [0.3, 0.4) is 0 Å². The van der Waals surface area contributed by atoms with E-state index in [1.807, 2.05) is 44.1 Å². The van der Waals surface area contributed by atoms with Gasteiger partial charge in [-0.3, -0.25) is 9.69 Å². The third-order valence-electron chi connectivity index (χ3n) is 3.62. The van der Waals surface area contributed by atoms with E-state index in [4.69, 9.17) is 0 Å². The Morgan fingerprint density at radius 1 is 1.27 bits per heavy atom. The predicted molar refractivity (Wildman–Crippen MR) is 61.2 cm³/mol. The maximum absolute atomic E-state index is 12.3. The number of carbonyl (C=O) groups excluding carboxylic acids is 1. The highest BCUT2D eigenvalue weighted by Crippen LogP contribution is 2.31. The summed E-state index contributed by atoms with van der Waals surface area (Å²) in [6.07, 6.45) is 1.91. The fourth-order valence-corrected chi connectivity index (χ4v) is 2.17. The van der Waals surface area contributed by atoms with Gasteiger partial charge in [-0.1, -0.05) is 24.3 Å². The standard InChI is InChI=1S/C13H17NO/c1-13(14(2)3)9-8-10-6-4-5-7-11(10)12(13)15/h4-7H,8-9H2,1-3H3. The summed E-state index contributed by atoms with van der Waals surface area (Å²) >= 11 is 0. The molecule has 0 aliphatic heterocycles. The lowest BCUT2D eigenvalue weighted by Crippen LogP contribution is -2.51. The lowest BCUT2D eigenvalue weighted by atomic mass is 9.77. The molecule has 80 valence electrons. The zero-order valence-electron chi connectivity index (χ0n) is 9.58. The van der Waals surface area contributed by atoms with Gasteiger partial charge in [0.15, 0.2) is 5.78 Å². The van der Waals surface area contributed by atoms with E-state index in [0.29, 0.717) is 0 Å². The number of carbonyl (C=O) groups is 1. The molecule has 0 saturated heterocycles. The second-order valence-corrected chi connectivity index (χ2v) is 4.65. The maximum atomic E-state index is 12.3. The van der Waals surface area contributed by atoms with Crippen molar-refractivity contribution < 1.29 is 4.79 Å². The summed E-state index contributed by atoms with van der Waals surface area (Å²) in [5.74, 6) is 0.259. The van der Waals surface area contributed by atoms with Crippen LogP contribution in [0.2, 0.25) is 0 Å². The first-order chi connectivity index (χ1) is 7.05. The first-order valence-electron chi connectivity index (χ1n) is 5.36. The molecule has 0 aromatic heterocycles. The molecule has 15 heavy (non-hydrogen) atoms. The Bertz CT molecular complexity index is 397. The molecule has 2 nitrogen and oxygen atoms in total. The molecule has 0 heterocycles. The molecule has 1 aromatic rings. The van der Waals surface area contributed by atoms with Crippen LogP contribution in [0.15, 0.2) is 24.3 Å². The van der Waals surface area contributed by atoms with Crippen molar-refractivity contribution in [2.75, 3.05) is 14.1 Å². The van der Waals surface area contributed by atoms with Gasteiger partial charge in [-0.2, -0.15) is 0 Å². The first-order valence-corrected chi connectivity index (χ1v) is 5.36. The van der Waals surface area contributed by atoms with Crippen LogP contribution in [-0.4, -0.2) is 30.3 Å². The Balaban J connectivity index is 2.46. The largest absolute Gasteiger partial charge is 0.297 e. The van der Waals surface area contributed by atoms with Gasteiger partial charge < -0.3 is 0 Å². The number of Topliss-reactive ketones (excluding diaryl/α,β-unsaturated/α-hetero) is 1. The molecule has 0 bridgehead atoms. The number of rotatable bonds is 1. The SMILES string of the molecule is CN(C)C1(C)CCc2ccccc2C1=O. The van der Waals surface area contributed by atoms with Gasteiger partial charge >= 0.3 is 0 Å². The number of hydrogen-bond acceptors (Lipinski definition) is 2. The number of ketones is 1. The van der Waals surface area contributed by atoms with Gasteiger partial charge in [-0.05, 0) is 39.4 Å². The molecular formula is C13H17NO. The molecule has 0 N–H and O–H groups in total. The van der Waals surface area contributed by atoms with E-state index in [1.54, 1.807) is 0 Å². The molecule has 1 atom stereocenters. The lowest BCUT2D eigenvalue weighted by Gasteiger charge is -2.38. The minimum absolute atomic E-state index is 0.259. The molecule has 1 aliphatic carbocycles. The maximum Gasteiger partial charge on any atom is 0.183 e. The third kappa shape index (κ3) is 1.49. The van der Waals surface area contributed by atoms with Gasteiger partial charge in [0.25, 0.3) is 0 Å². The van der Waals surface area contributed by atoms with Gasteiger partial charge in [-0.25, -0.2) is 0 Å². The summed E-state index contributed by atoms with van der Waals surface area (Å²) in [5, 5.41) is 0. The number of aryl methyl sites for hydroxylation is 1. The van der Waals surface area contributed by atoms with Crippen LogP contribution < -0.4 is 0 Å². The molecular weight excluding hydrogens is 186 g/mol. The highest BCUT2D eigenvalue weighted by Gasteiger charge is 2.39. The average molecular weight is 203 g/mol. The Hall–Kier alpha value is -1.15. The molecule has 2 heteroatoms. The minimum Gasteiger partial charge on any atom is -0.297 e. The fraction of sp³-hybridized carbons (Fsp3) is 0.462. The van der Waals surface area contributed by atoms with Gasteiger partial charge in [-0.15, -0.1) is 0 Å². The molecule has 1 aromatic carbocycles. The van der Waals surface area contributed by atoms with Crippen LogP contribution in [0.5, 0.6) is 0 Å². The Morgan fingerprint density at radius 3 is 2.60 bits per heavy atom. The van der Waals surface area contributed by atoms with Crippen LogP contribution in [0.25, 0.3) is 0 Å². The number of fused-ring (bicyclic) bond motifs is 1. The van der Waals surface area contributed by atoms with Crippen molar-refractivity contribution in [1.82, 2.24) is 4.90 Å². The molecule has 1 aliphatic rings. The summed E-state index contributed by atoms with van der Waals surface area (Å²) in [4.78, 5) is 14.4. The second kappa shape index (κ2) is 3.46. The number of nitrogens with zero attached hydrogens (tertiary/aromatic N) is 1. The van der Waals surface area contributed by atoms with Crippen molar-refractivity contribution >= 4 is 5.78 Å². The summed E-state index contributed by atoms with van der Waals surface area (Å²) in [5.41, 5.74) is 1.77. The molecule has 0 spiro atoms. The molecule has 0 fully saturated rings. The average Bonchev–Trinajstić information content (AvgIpc) is 2.24. The van der Waals surface area contributed by atoms with Crippen molar-refractivity contribution in [1.29, 1.82) is 0 Å². The van der Waals surface area contributed by atoms with E-state index in [9.17, 15) is 4.79 Å². The Labute approximate surface area is 90.9 Å². The van der Waals surface area contributed by atoms with Gasteiger partial charge in [0.2, 0.25) is 0 Å². The smallest absolute Gasteiger partial charge is 0.183 e. The Kier molecular flexibility index (Phi) is 2.39. The number of likely N-dealkylation sites (N-methyl/N-ethyl adjacent to an activating group) is 1. The third-order valence-corrected chi connectivity index (χ3v) is 3.62. The topological polar surface area (TPSA) is 20.3 Å². The minimum atomic E-state index is -0.325. The molecule has 0 amide bonds. The first kappa shape index (κ1) is 10.4. The van der Waals surface area contributed by atoms with E-state index >= 15 is 0 Å². The van der Waals surface area contributed by atoms with E-state index < -0.39 is 0 Å². The second-order valence-electron chi connectivity index (χ2n) is 4.65. The van der Waals surface area contributed by atoms with Crippen LogP contribution in [-0.2, 0) is 6.42 Å². The quantitative estimate of drug-likeness (QED) is 0.697. The lowest BCUT2D eigenvalue weighted by molar-refractivity contribution is 0.0679. The van der Waals surface area contributed by atoms with Crippen molar-refractivity contribution in [3.05, 3.63) is 35.4 Å². The van der Waals surface area contributed by atoms with E-state index in [0.717, 1.165) is 18.4 Å². The van der Waals surface area contributed by atoms with E-state index in [1.165, 1.54) is 5.56 Å². The summed E-state index contributed by atoms with van der Waals surface area (Å²) < 4.78 is 0. The van der Waals surface area contributed by atoms with E-state index in [-0.39, 0.29) is 11.3 Å². The van der Waals surface area contributed by atoms with Crippen LogP contribution in [0.1, 0.15) is 29.3 Å². The van der Waals surface area contributed by atoms with Gasteiger partial charge in [0.1, 0.15) is 0 Å². The predicted octanol–water partition coefficient (Wildman–Crippen LogP) is 2.14. The zero-order chi connectivity index (χ0) is 11.1. The van der Waals surface area contributed by atoms with Crippen molar-refractivity contribution in [2.45, 2.75) is 25.3 Å². The van der Waals surface area contributed by atoms with E-state index in [2.05, 4.69) is 6.07 Å². The summed E-state index contributed by atoms with van der Waals surface area (Å²) in [6, 6.07) is 7.95. The summed E-state index contributed by atoms with van der Waals surface area (Å²) in [7, 11) is 3.96. The zero-order valence-corrected chi connectivity index (χ0v) is 9.58. The monoisotopic (exact) mass is 203 g/mol. The number of benzene rings is 1. The fourth-order valence-electron chi connectivity index (χ4n) is 2.17. The van der Waals surface area contributed by atoms with Gasteiger partial charge in [0, 0.05) is 5.56 Å². The molecule has 2 rings (SSSR count). The molecule has 0 radical (unpaired) electrons. The highest BCUT2D eigenvalue weighted by atomic mass is 16.1. The Morgan fingerprint density at radius 2 is 1.93 bits per heavy atom. The van der Waals surface area contributed by atoms with Crippen LogP contribution >= 0.6 is 0 Å². The van der Waals surface area contributed by atoms with Crippen LogP contribution in [0, 0.1) is 0 Å². The van der Waals surface area contributed by atoms with Crippen LogP contribution in [0.4, 0.5) is 0 Å². The van der Waals surface area contributed by atoms with Crippen molar-refractivity contribution in [2.24, 2.45) is 0 Å². The van der Waals surface area contributed by atoms with Crippen molar-refractivity contribution in [3.8, 4) is 0 Å². The molecule has 0 saturated carbocycles. The van der Waals surface area contributed by atoms with Gasteiger partial charge in [0.05, 0.1) is 5.54 Å². The number of hydrogen-bond donors (Lipinski definition) is 0. The highest BCUT2D eigenvalue weighted by molar-refractivity contribution is 6.05. The summed E-state index contributed by atoms with van der Waals surface area (Å²) in [6.45, 7) is 2.03. The normalized spacial score (nSPS) is 25.5.